The predicted molar refractivity (Wildman–Crippen MR) is 93.7 cm³/mol. The van der Waals surface area contributed by atoms with Crippen LogP contribution in [0.4, 0.5) is 14.5 Å². The number of para-hydroxylation sites is 1. The van der Waals surface area contributed by atoms with E-state index in [9.17, 15) is 13.6 Å². The van der Waals surface area contributed by atoms with Crippen molar-refractivity contribution >= 4 is 23.4 Å². The number of nitrogens with one attached hydrogen (secondary N) is 1. The molecule has 9 heteroatoms. The molecule has 2 aromatic heterocycles. The molecule has 0 fully saturated rings. The molecule has 1 N–H and O–H groups in total. The molecule has 136 valence electrons. The Hall–Kier alpha value is -2.68. The number of furan rings is 1. The fraction of sp³-hybridized carbons (Fsp3) is 0.235. The van der Waals surface area contributed by atoms with Crippen molar-refractivity contribution in [2.75, 3.05) is 5.32 Å². The molecule has 0 unspecified atom stereocenters. The van der Waals surface area contributed by atoms with Gasteiger partial charge in [0.05, 0.1) is 17.1 Å². The van der Waals surface area contributed by atoms with E-state index in [1.54, 1.807) is 30.9 Å². The van der Waals surface area contributed by atoms with Gasteiger partial charge in [0, 0.05) is 7.05 Å². The third-order valence-electron chi connectivity index (χ3n) is 3.80. The van der Waals surface area contributed by atoms with Gasteiger partial charge in [-0.25, -0.2) is 8.78 Å². The Morgan fingerprint density at radius 3 is 2.58 bits per heavy atom. The summed E-state index contributed by atoms with van der Waals surface area (Å²) in [6, 6.07) is 5.18. The molecule has 1 atom stereocenters. The van der Waals surface area contributed by atoms with Crippen LogP contribution >= 0.6 is 11.8 Å². The number of hydrogen-bond acceptors (Lipinski definition) is 5. The van der Waals surface area contributed by atoms with Crippen molar-refractivity contribution in [3.05, 3.63) is 47.9 Å². The van der Waals surface area contributed by atoms with Gasteiger partial charge in [0.25, 0.3) is 0 Å². The van der Waals surface area contributed by atoms with Crippen LogP contribution in [0.5, 0.6) is 0 Å². The molecule has 6 nitrogen and oxygen atoms in total. The first-order valence-corrected chi connectivity index (χ1v) is 8.62. The minimum atomic E-state index is -0.827. The molecule has 0 spiro atoms. The lowest BCUT2D eigenvalue weighted by atomic mass is 10.2. The Bertz CT molecular complexity index is 934. The summed E-state index contributed by atoms with van der Waals surface area (Å²) in [5.41, 5.74) is 0.343. The van der Waals surface area contributed by atoms with E-state index in [0.29, 0.717) is 16.7 Å². The molecule has 0 aliphatic carbocycles. The molecule has 3 aromatic rings. The molecule has 26 heavy (non-hydrogen) atoms. The van der Waals surface area contributed by atoms with Crippen molar-refractivity contribution in [1.82, 2.24) is 14.8 Å². The number of hydrogen-bond donors (Lipinski definition) is 1. The average Bonchev–Trinajstić information content (AvgIpc) is 3.17. The van der Waals surface area contributed by atoms with Gasteiger partial charge in [-0.2, -0.15) is 0 Å². The van der Waals surface area contributed by atoms with E-state index in [0.717, 1.165) is 29.5 Å². The number of thioether (sulfide) groups is 1. The lowest BCUT2D eigenvalue weighted by Crippen LogP contribution is -2.24. The average molecular weight is 378 g/mol. The summed E-state index contributed by atoms with van der Waals surface area (Å²) in [5.74, 6) is -0.883. The lowest BCUT2D eigenvalue weighted by Gasteiger charge is -2.12. The van der Waals surface area contributed by atoms with Crippen molar-refractivity contribution in [3.8, 4) is 11.4 Å². The molecule has 1 amide bonds. The van der Waals surface area contributed by atoms with Crippen molar-refractivity contribution < 1.29 is 18.0 Å². The minimum absolute atomic E-state index is 0.461. The number of aryl methyl sites for hydroxylation is 1. The van der Waals surface area contributed by atoms with Gasteiger partial charge in [-0.05, 0) is 32.0 Å². The number of anilines is 1. The predicted octanol–water partition coefficient (Wildman–Crippen LogP) is 3.78. The standard InChI is InChI=1S/C17H16F2N4O2S/c1-9-11(7-8-25-9)15-21-22-17(23(15)3)26-10(2)16(24)20-14-12(18)5-4-6-13(14)19/h4-8,10H,1-3H3,(H,20,24)/t10-/m1/s1. The number of rotatable bonds is 5. The first-order valence-electron chi connectivity index (χ1n) is 7.74. The van der Waals surface area contributed by atoms with Crippen LogP contribution in [0, 0.1) is 18.6 Å². The highest BCUT2D eigenvalue weighted by molar-refractivity contribution is 8.00. The maximum Gasteiger partial charge on any atom is 0.237 e. The molecule has 0 saturated heterocycles. The Kier molecular flexibility index (Phi) is 5.08. The first-order chi connectivity index (χ1) is 12.4. The minimum Gasteiger partial charge on any atom is -0.469 e. The highest BCUT2D eigenvalue weighted by atomic mass is 32.2. The number of amides is 1. The fourth-order valence-electron chi connectivity index (χ4n) is 2.32. The van der Waals surface area contributed by atoms with Gasteiger partial charge in [-0.3, -0.25) is 4.79 Å². The van der Waals surface area contributed by atoms with Gasteiger partial charge in [0.15, 0.2) is 11.0 Å². The van der Waals surface area contributed by atoms with Gasteiger partial charge < -0.3 is 14.3 Å². The summed E-state index contributed by atoms with van der Waals surface area (Å²) in [4.78, 5) is 12.3. The molecule has 1 aromatic carbocycles. The van der Waals surface area contributed by atoms with Crippen LogP contribution in [0.3, 0.4) is 0 Å². The second-order valence-corrected chi connectivity index (χ2v) is 6.91. The SMILES string of the molecule is Cc1occc1-c1nnc(S[C@H](C)C(=O)Nc2c(F)cccc2F)n1C. The lowest BCUT2D eigenvalue weighted by molar-refractivity contribution is -0.115. The van der Waals surface area contributed by atoms with Crippen LogP contribution in [0.1, 0.15) is 12.7 Å². The molecule has 0 radical (unpaired) electrons. The highest BCUT2D eigenvalue weighted by Gasteiger charge is 2.22. The number of halogens is 2. The van der Waals surface area contributed by atoms with Gasteiger partial charge in [0.2, 0.25) is 5.91 Å². The number of aromatic nitrogens is 3. The van der Waals surface area contributed by atoms with Crippen LogP contribution in [0.2, 0.25) is 0 Å². The Morgan fingerprint density at radius 2 is 1.96 bits per heavy atom. The highest BCUT2D eigenvalue weighted by Crippen LogP contribution is 2.28. The number of carbonyl (C=O) groups excluding carboxylic acids is 1. The third kappa shape index (κ3) is 3.48. The van der Waals surface area contributed by atoms with Crippen LogP contribution in [-0.2, 0) is 11.8 Å². The van der Waals surface area contributed by atoms with Gasteiger partial charge in [-0.1, -0.05) is 17.8 Å². The Balaban J connectivity index is 1.74. The zero-order chi connectivity index (χ0) is 18.8. The number of nitrogens with zero attached hydrogens (tertiary/aromatic N) is 3. The molecular weight excluding hydrogens is 362 g/mol. The van der Waals surface area contributed by atoms with Gasteiger partial charge in [0.1, 0.15) is 23.1 Å². The fourth-order valence-corrected chi connectivity index (χ4v) is 3.14. The first kappa shape index (κ1) is 18.1. The van der Waals surface area contributed by atoms with E-state index >= 15 is 0 Å². The summed E-state index contributed by atoms with van der Waals surface area (Å²) in [6.07, 6.45) is 1.56. The third-order valence-corrected chi connectivity index (χ3v) is 4.93. The zero-order valence-corrected chi connectivity index (χ0v) is 15.1. The van der Waals surface area contributed by atoms with Crippen molar-refractivity contribution in [2.24, 2.45) is 7.05 Å². The summed E-state index contributed by atoms with van der Waals surface area (Å²) < 4.78 is 34.3. The number of benzene rings is 1. The Labute approximate surface area is 152 Å². The van der Waals surface area contributed by atoms with E-state index in [-0.39, 0.29) is 0 Å². The molecule has 2 heterocycles. The van der Waals surface area contributed by atoms with Crippen molar-refractivity contribution in [1.29, 1.82) is 0 Å². The zero-order valence-electron chi connectivity index (χ0n) is 14.3. The smallest absolute Gasteiger partial charge is 0.237 e. The summed E-state index contributed by atoms with van der Waals surface area (Å²) in [6.45, 7) is 3.44. The van der Waals surface area contributed by atoms with E-state index in [4.69, 9.17) is 4.42 Å². The maximum absolute atomic E-state index is 13.7. The molecule has 0 aliphatic heterocycles. The monoisotopic (exact) mass is 378 g/mol. The van der Waals surface area contributed by atoms with Crippen LogP contribution in [-0.4, -0.2) is 25.9 Å². The van der Waals surface area contributed by atoms with Crippen molar-refractivity contribution in [3.63, 3.8) is 0 Å². The van der Waals surface area contributed by atoms with E-state index in [2.05, 4.69) is 15.5 Å². The van der Waals surface area contributed by atoms with E-state index in [1.165, 1.54) is 6.07 Å². The van der Waals surface area contributed by atoms with E-state index in [1.807, 2.05) is 6.92 Å². The topological polar surface area (TPSA) is 72.9 Å². The molecule has 0 saturated carbocycles. The Morgan fingerprint density at radius 1 is 1.27 bits per heavy atom. The summed E-state index contributed by atoms with van der Waals surface area (Å²) in [5, 5.41) is 10.3. The number of carbonyl (C=O) groups is 1. The second-order valence-electron chi connectivity index (χ2n) is 5.60. The molecule has 3 rings (SSSR count). The molecule has 0 aliphatic rings. The summed E-state index contributed by atoms with van der Waals surface area (Å²) >= 11 is 1.14. The van der Waals surface area contributed by atoms with E-state index < -0.39 is 28.5 Å². The normalized spacial score (nSPS) is 12.2. The van der Waals surface area contributed by atoms with Crippen molar-refractivity contribution in [2.45, 2.75) is 24.3 Å². The molecule has 0 bridgehead atoms. The largest absolute Gasteiger partial charge is 0.469 e. The second kappa shape index (κ2) is 7.28. The van der Waals surface area contributed by atoms with Gasteiger partial charge >= 0.3 is 0 Å². The van der Waals surface area contributed by atoms with Crippen LogP contribution < -0.4 is 5.32 Å². The van der Waals surface area contributed by atoms with Crippen LogP contribution in [0.25, 0.3) is 11.4 Å². The maximum atomic E-state index is 13.7. The molecular formula is C17H16F2N4O2S. The van der Waals surface area contributed by atoms with Crippen LogP contribution in [0.15, 0.2) is 40.1 Å². The van der Waals surface area contributed by atoms with Gasteiger partial charge in [-0.15, -0.1) is 10.2 Å². The summed E-state index contributed by atoms with van der Waals surface area (Å²) in [7, 11) is 1.77. The quantitative estimate of drug-likeness (QED) is 0.684.